The number of hydrogen-bond donors (Lipinski definition) is 0. The first-order valence-electron chi connectivity index (χ1n) is 4.37. The van der Waals surface area contributed by atoms with Gasteiger partial charge in [-0.3, -0.25) is 4.79 Å². The fraction of sp³-hybridized carbons (Fsp3) is 0. The van der Waals surface area contributed by atoms with Crippen molar-refractivity contribution in [1.29, 1.82) is 0 Å². The minimum absolute atomic E-state index is 0.541. The summed E-state index contributed by atoms with van der Waals surface area (Å²) in [4.78, 5) is 12.2. The third-order valence-corrected chi connectivity index (χ3v) is 4.98. The van der Waals surface area contributed by atoms with E-state index in [0.717, 1.165) is 15.4 Å². The van der Waals surface area contributed by atoms with Gasteiger partial charge in [0.15, 0.2) is 6.29 Å². The summed E-state index contributed by atoms with van der Waals surface area (Å²) in [7, 11) is 0. The van der Waals surface area contributed by atoms with Crippen LogP contribution in [0.1, 0.15) is 9.67 Å². The van der Waals surface area contributed by atoms with E-state index in [9.17, 15) is 4.79 Å². The number of hydrogen-bond acceptors (Lipinski definition) is 3. The molecule has 5 heteroatoms. The molecule has 0 aliphatic rings. The number of halogens is 2. The van der Waals surface area contributed by atoms with Crippen LogP contribution in [0.4, 0.5) is 0 Å². The molecule has 0 N–H and O–H groups in total. The van der Waals surface area contributed by atoms with Crippen molar-refractivity contribution >= 4 is 52.6 Å². The molecule has 0 bridgehead atoms. The van der Waals surface area contributed by atoms with Crippen LogP contribution in [0.3, 0.4) is 0 Å². The molecule has 2 rings (SSSR count). The smallest absolute Gasteiger partial charge is 0.160 e. The molecular formula is C11H6Cl2OS2. The summed E-state index contributed by atoms with van der Waals surface area (Å²) in [5.74, 6) is 0. The zero-order valence-corrected chi connectivity index (χ0v) is 11.1. The molecule has 0 spiro atoms. The van der Waals surface area contributed by atoms with Crippen LogP contribution in [-0.4, -0.2) is 6.29 Å². The summed E-state index contributed by atoms with van der Waals surface area (Å²) in [5, 5.41) is 1.09. The predicted molar refractivity (Wildman–Crippen MR) is 70.3 cm³/mol. The summed E-state index contributed by atoms with van der Waals surface area (Å²) in [6, 6.07) is 9.19. The predicted octanol–water partition coefficient (Wildman–Crippen LogP) is 5.02. The lowest BCUT2D eigenvalue weighted by Gasteiger charge is -2.02. The summed E-state index contributed by atoms with van der Waals surface area (Å²) >= 11 is 14.9. The molecule has 0 saturated heterocycles. The van der Waals surface area contributed by atoms with Gasteiger partial charge in [-0.15, -0.1) is 11.3 Å². The monoisotopic (exact) mass is 288 g/mol. The van der Waals surface area contributed by atoms with E-state index in [1.165, 1.54) is 23.1 Å². The fourth-order valence-electron chi connectivity index (χ4n) is 1.12. The van der Waals surface area contributed by atoms with E-state index in [1.807, 2.05) is 18.2 Å². The molecule has 0 atom stereocenters. The lowest BCUT2D eigenvalue weighted by atomic mass is 10.4. The first-order valence-corrected chi connectivity index (χ1v) is 6.76. The third kappa shape index (κ3) is 2.61. The highest BCUT2D eigenvalue weighted by atomic mass is 35.5. The van der Waals surface area contributed by atoms with Gasteiger partial charge in [0, 0.05) is 4.90 Å². The highest BCUT2D eigenvalue weighted by molar-refractivity contribution is 8.01. The normalized spacial score (nSPS) is 10.4. The van der Waals surface area contributed by atoms with Crippen molar-refractivity contribution in [2.45, 2.75) is 9.10 Å². The molecule has 16 heavy (non-hydrogen) atoms. The van der Waals surface area contributed by atoms with Crippen molar-refractivity contribution in [1.82, 2.24) is 0 Å². The van der Waals surface area contributed by atoms with Gasteiger partial charge in [-0.25, -0.2) is 0 Å². The Labute approximate surface area is 111 Å². The lowest BCUT2D eigenvalue weighted by Crippen LogP contribution is -1.74. The molecule has 0 radical (unpaired) electrons. The molecule has 0 aliphatic heterocycles. The Kier molecular flexibility index (Phi) is 3.92. The zero-order chi connectivity index (χ0) is 11.5. The molecule has 1 nitrogen and oxygen atoms in total. The van der Waals surface area contributed by atoms with Gasteiger partial charge in [-0.1, -0.05) is 41.0 Å². The van der Waals surface area contributed by atoms with Crippen LogP contribution in [0.5, 0.6) is 0 Å². The Morgan fingerprint density at radius 1 is 1.19 bits per heavy atom. The second kappa shape index (κ2) is 5.23. The summed E-state index contributed by atoms with van der Waals surface area (Å²) in [5.41, 5.74) is 0. The highest BCUT2D eigenvalue weighted by Gasteiger charge is 2.07. The van der Waals surface area contributed by atoms with Gasteiger partial charge in [0.25, 0.3) is 0 Å². The van der Waals surface area contributed by atoms with E-state index >= 15 is 0 Å². The number of rotatable bonds is 3. The van der Waals surface area contributed by atoms with Gasteiger partial charge in [0.2, 0.25) is 0 Å². The second-order valence-electron chi connectivity index (χ2n) is 2.93. The van der Waals surface area contributed by atoms with Crippen LogP contribution >= 0.6 is 46.3 Å². The van der Waals surface area contributed by atoms with Crippen molar-refractivity contribution in [3.8, 4) is 0 Å². The van der Waals surface area contributed by atoms with Crippen molar-refractivity contribution in [3.63, 3.8) is 0 Å². The number of thiophene rings is 1. The Morgan fingerprint density at radius 2 is 2.00 bits per heavy atom. The summed E-state index contributed by atoms with van der Waals surface area (Å²) < 4.78 is 1.02. The number of benzene rings is 1. The van der Waals surface area contributed by atoms with Gasteiger partial charge in [0.1, 0.15) is 0 Å². The average Bonchev–Trinajstić information content (AvgIpc) is 2.73. The van der Waals surface area contributed by atoms with Crippen molar-refractivity contribution in [2.75, 3.05) is 0 Å². The maximum absolute atomic E-state index is 10.5. The summed E-state index contributed by atoms with van der Waals surface area (Å²) in [6.45, 7) is 0. The minimum Gasteiger partial charge on any atom is -0.297 e. The van der Waals surface area contributed by atoms with Gasteiger partial charge in [-0.05, 0) is 24.3 Å². The average molecular weight is 289 g/mol. The van der Waals surface area contributed by atoms with E-state index in [2.05, 4.69) is 0 Å². The van der Waals surface area contributed by atoms with Crippen LogP contribution in [-0.2, 0) is 0 Å². The van der Waals surface area contributed by atoms with E-state index in [4.69, 9.17) is 23.2 Å². The molecule has 82 valence electrons. The van der Waals surface area contributed by atoms with E-state index in [0.29, 0.717) is 14.9 Å². The molecular weight excluding hydrogens is 283 g/mol. The van der Waals surface area contributed by atoms with Gasteiger partial charge in [0.05, 0.1) is 19.1 Å². The van der Waals surface area contributed by atoms with Crippen molar-refractivity contribution in [2.24, 2.45) is 0 Å². The fourth-order valence-corrected chi connectivity index (χ4v) is 3.57. The van der Waals surface area contributed by atoms with Gasteiger partial charge < -0.3 is 0 Å². The molecule has 1 aromatic carbocycles. The Morgan fingerprint density at radius 3 is 2.69 bits per heavy atom. The maximum atomic E-state index is 10.5. The number of carbonyl (C=O) groups excluding carboxylic acids is 1. The van der Waals surface area contributed by atoms with E-state index < -0.39 is 0 Å². The minimum atomic E-state index is 0.541. The molecule has 1 aromatic heterocycles. The molecule has 0 saturated carbocycles. The topological polar surface area (TPSA) is 17.1 Å². The quantitative estimate of drug-likeness (QED) is 0.738. The van der Waals surface area contributed by atoms with E-state index in [-0.39, 0.29) is 0 Å². The second-order valence-corrected chi connectivity index (χ2v) is 6.17. The highest BCUT2D eigenvalue weighted by Crippen LogP contribution is 2.39. The SMILES string of the molecule is O=Cc1ccc(Sc2cccc(Cl)c2Cl)s1. The number of carbonyl (C=O) groups is 1. The third-order valence-electron chi connectivity index (χ3n) is 1.84. The molecule has 0 aliphatic carbocycles. The van der Waals surface area contributed by atoms with Crippen molar-refractivity contribution in [3.05, 3.63) is 45.3 Å². The first-order chi connectivity index (χ1) is 7.70. The summed E-state index contributed by atoms with van der Waals surface area (Å²) in [6.07, 6.45) is 0.842. The van der Waals surface area contributed by atoms with Crippen molar-refractivity contribution < 1.29 is 4.79 Å². The molecule has 0 fully saturated rings. The van der Waals surface area contributed by atoms with Crippen LogP contribution in [0.2, 0.25) is 10.0 Å². The van der Waals surface area contributed by atoms with Gasteiger partial charge in [-0.2, -0.15) is 0 Å². The Bertz CT molecular complexity index is 522. The first kappa shape index (κ1) is 12.0. The van der Waals surface area contributed by atoms with E-state index in [1.54, 1.807) is 12.1 Å². The van der Waals surface area contributed by atoms with Gasteiger partial charge >= 0.3 is 0 Å². The molecule has 2 aromatic rings. The molecule has 0 amide bonds. The Balaban J connectivity index is 2.26. The number of aldehydes is 1. The van der Waals surface area contributed by atoms with Crippen LogP contribution in [0.15, 0.2) is 39.4 Å². The zero-order valence-electron chi connectivity index (χ0n) is 7.94. The molecule has 0 unspecified atom stereocenters. The largest absolute Gasteiger partial charge is 0.297 e. The standard InChI is InChI=1S/C11H6Cl2OS2/c12-8-2-1-3-9(11(8)13)16-10-5-4-7(6-14)15-10/h1-6H. The maximum Gasteiger partial charge on any atom is 0.160 e. The van der Waals surface area contributed by atoms with Crippen LogP contribution in [0.25, 0.3) is 0 Å². The van der Waals surface area contributed by atoms with Crippen LogP contribution in [0, 0.1) is 0 Å². The lowest BCUT2D eigenvalue weighted by molar-refractivity contribution is 0.112. The molecule has 1 heterocycles. The van der Waals surface area contributed by atoms with Crippen LogP contribution < -0.4 is 0 Å². The Hall–Kier alpha value is -0.480.